The lowest BCUT2D eigenvalue weighted by Crippen LogP contribution is -2.28. The minimum absolute atomic E-state index is 0.0484. The molecular weight excluding hydrogens is 392 g/mol. The topological polar surface area (TPSA) is 23.6 Å². The number of carbonyl (C=O) groups excluding carboxylic acids is 1. The summed E-state index contributed by atoms with van der Waals surface area (Å²) in [5.41, 5.74) is 6.28. The molecule has 3 aromatic rings. The van der Waals surface area contributed by atoms with E-state index in [0.717, 1.165) is 41.3 Å². The van der Waals surface area contributed by atoms with Crippen molar-refractivity contribution < 1.29 is 4.79 Å². The first-order valence-electron chi connectivity index (χ1n) is 10.1. The van der Waals surface area contributed by atoms with Crippen molar-refractivity contribution in [3.8, 4) is 11.1 Å². The maximum absolute atomic E-state index is 13.1. The first kappa shape index (κ1) is 20.4. The number of halogens is 1. The van der Waals surface area contributed by atoms with Gasteiger partial charge in [0.15, 0.2) is 0 Å². The molecule has 0 radical (unpaired) electrons. The van der Waals surface area contributed by atoms with Gasteiger partial charge in [-0.1, -0.05) is 54.1 Å². The summed E-state index contributed by atoms with van der Waals surface area (Å²) in [6, 6.07) is 21.9. The van der Waals surface area contributed by atoms with Gasteiger partial charge in [-0.3, -0.25) is 4.79 Å². The molecule has 0 bridgehead atoms. The van der Waals surface area contributed by atoms with Crippen molar-refractivity contribution in [2.75, 3.05) is 32.1 Å². The second-order valence-electron chi connectivity index (χ2n) is 7.84. The van der Waals surface area contributed by atoms with E-state index in [4.69, 9.17) is 11.6 Å². The minimum Gasteiger partial charge on any atom is -0.308 e. The van der Waals surface area contributed by atoms with E-state index >= 15 is 0 Å². The van der Waals surface area contributed by atoms with E-state index in [-0.39, 0.29) is 5.91 Å². The number of anilines is 1. The molecule has 0 aromatic heterocycles. The van der Waals surface area contributed by atoms with Crippen LogP contribution in [0.1, 0.15) is 21.5 Å². The molecule has 0 spiro atoms. The maximum Gasteiger partial charge on any atom is 0.258 e. The number of rotatable bonds is 5. The molecule has 3 nitrogen and oxygen atoms in total. The third-order valence-corrected chi connectivity index (χ3v) is 5.59. The molecule has 0 aliphatic carbocycles. The van der Waals surface area contributed by atoms with Crippen LogP contribution in [0.25, 0.3) is 17.2 Å². The summed E-state index contributed by atoms with van der Waals surface area (Å²) in [6.45, 7) is 1.63. The van der Waals surface area contributed by atoms with Crippen molar-refractivity contribution in [1.82, 2.24) is 4.90 Å². The Kier molecular flexibility index (Phi) is 6.03. The van der Waals surface area contributed by atoms with Gasteiger partial charge in [0, 0.05) is 29.4 Å². The molecular formula is C26H25ClN2O. The molecule has 152 valence electrons. The molecule has 0 saturated carbocycles. The third kappa shape index (κ3) is 4.48. The molecule has 1 amide bonds. The van der Waals surface area contributed by atoms with Crippen LogP contribution in [-0.2, 0) is 6.42 Å². The van der Waals surface area contributed by atoms with Gasteiger partial charge in [-0.25, -0.2) is 0 Å². The van der Waals surface area contributed by atoms with Crippen LogP contribution in [0.4, 0.5) is 5.69 Å². The zero-order valence-electron chi connectivity index (χ0n) is 17.3. The number of hydrogen-bond acceptors (Lipinski definition) is 2. The number of carbonyl (C=O) groups is 1. The predicted molar refractivity (Wildman–Crippen MR) is 126 cm³/mol. The van der Waals surface area contributed by atoms with Gasteiger partial charge in [0.1, 0.15) is 0 Å². The molecule has 4 rings (SSSR count). The van der Waals surface area contributed by atoms with Gasteiger partial charge in [-0.05, 0) is 79.2 Å². The number of amides is 1. The Balaban J connectivity index is 1.50. The zero-order chi connectivity index (χ0) is 21.1. The van der Waals surface area contributed by atoms with Crippen LogP contribution in [0, 0.1) is 0 Å². The molecule has 1 heterocycles. The fourth-order valence-electron chi connectivity index (χ4n) is 3.74. The van der Waals surface area contributed by atoms with Crippen LogP contribution in [0.5, 0.6) is 0 Å². The number of nitrogens with zero attached hydrogens (tertiary/aromatic N) is 2. The molecule has 0 atom stereocenters. The highest BCUT2D eigenvalue weighted by Gasteiger charge is 2.25. The Hall–Kier alpha value is -2.88. The van der Waals surface area contributed by atoms with Gasteiger partial charge in [0.25, 0.3) is 5.91 Å². The van der Waals surface area contributed by atoms with Crippen LogP contribution in [0.3, 0.4) is 0 Å². The van der Waals surface area contributed by atoms with Crippen LogP contribution in [0.2, 0.25) is 5.02 Å². The van der Waals surface area contributed by atoms with E-state index < -0.39 is 0 Å². The normalized spacial score (nSPS) is 13.3. The van der Waals surface area contributed by atoms with Gasteiger partial charge in [-0.15, -0.1) is 0 Å². The Bertz CT molecular complexity index is 1070. The van der Waals surface area contributed by atoms with E-state index in [1.807, 2.05) is 53.4 Å². The highest BCUT2D eigenvalue weighted by atomic mass is 35.5. The lowest BCUT2D eigenvalue weighted by molar-refractivity contribution is 0.0989. The number of hydrogen-bond donors (Lipinski definition) is 0. The van der Waals surface area contributed by atoms with Crippen LogP contribution < -0.4 is 4.90 Å². The standard InChI is InChI=1S/C26H25ClN2O/c1-28(2)16-3-4-19-5-14-25-23(18-19)15-17-29(25)26(30)22-8-6-20(7-9-22)21-10-12-24(27)13-11-21/h3-14,18H,15-17H2,1-2H3/b4-3+. The lowest BCUT2D eigenvalue weighted by Gasteiger charge is -2.18. The summed E-state index contributed by atoms with van der Waals surface area (Å²) in [6.07, 6.45) is 5.18. The van der Waals surface area contributed by atoms with Gasteiger partial charge >= 0.3 is 0 Å². The minimum atomic E-state index is 0.0484. The first-order valence-corrected chi connectivity index (χ1v) is 10.5. The van der Waals surface area contributed by atoms with Crippen molar-refractivity contribution >= 4 is 29.3 Å². The Morgan fingerprint density at radius 2 is 1.67 bits per heavy atom. The van der Waals surface area contributed by atoms with Crippen molar-refractivity contribution in [3.05, 3.63) is 94.5 Å². The molecule has 0 saturated heterocycles. The SMILES string of the molecule is CN(C)C/C=C/c1ccc2c(c1)CCN2C(=O)c1ccc(-c2ccc(Cl)cc2)cc1. The van der Waals surface area contributed by atoms with Crippen LogP contribution >= 0.6 is 11.6 Å². The average molecular weight is 417 g/mol. The highest BCUT2D eigenvalue weighted by Crippen LogP contribution is 2.31. The molecule has 4 heteroatoms. The van der Waals surface area contributed by atoms with E-state index in [2.05, 4.69) is 49.3 Å². The Morgan fingerprint density at radius 3 is 2.33 bits per heavy atom. The van der Waals surface area contributed by atoms with Crippen LogP contribution in [0.15, 0.2) is 72.8 Å². The van der Waals surface area contributed by atoms with Crippen LogP contribution in [-0.4, -0.2) is 38.0 Å². The molecule has 0 unspecified atom stereocenters. The smallest absolute Gasteiger partial charge is 0.258 e. The Morgan fingerprint density at radius 1 is 1.00 bits per heavy atom. The van der Waals surface area contributed by atoms with E-state index in [1.165, 1.54) is 11.1 Å². The summed E-state index contributed by atoms with van der Waals surface area (Å²) >= 11 is 5.97. The first-order chi connectivity index (χ1) is 14.5. The van der Waals surface area contributed by atoms with E-state index in [9.17, 15) is 4.79 Å². The molecule has 1 aliphatic rings. The summed E-state index contributed by atoms with van der Waals surface area (Å²) in [5, 5.41) is 0.717. The molecule has 0 N–H and O–H groups in total. The summed E-state index contributed by atoms with van der Waals surface area (Å²) in [4.78, 5) is 17.1. The summed E-state index contributed by atoms with van der Waals surface area (Å²) in [5.74, 6) is 0.0484. The molecule has 3 aromatic carbocycles. The van der Waals surface area contributed by atoms with Crippen molar-refractivity contribution in [1.29, 1.82) is 0 Å². The quantitative estimate of drug-likeness (QED) is 0.526. The fourth-order valence-corrected chi connectivity index (χ4v) is 3.87. The average Bonchev–Trinajstić information content (AvgIpc) is 3.17. The fraction of sp³-hybridized carbons (Fsp3) is 0.192. The molecule has 30 heavy (non-hydrogen) atoms. The van der Waals surface area contributed by atoms with Crippen molar-refractivity contribution in [3.63, 3.8) is 0 Å². The molecule has 0 fully saturated rings. The molecule has 1 aliphatic heterocycles. The highest BCUT2D eigenvalue weighted by molar-refractivity contribution is 6.30. The largest absolute Gasteiger partial charge is 0.308 e. The van der Waals surface area contributed by atoms with Gasteiger partial charge < -0.3 is 9.80 Å². The van der Waals surface area contributed by atoms with Gasteiger partial charge in [0.2, 0.25) is 0 Å². The lowest BCUT2D eigenvalue weighted by atomic mass is 10.0. The van der Waals surface area contributed by atoms with Crippen molar-refractivity contribution in [2.24, 2.45) is 0 Å². The number of fused-ring (bicyclic) bond motifs is 1. The Labute approximate surface area is 183 Å². The number of likely N-dealkylation sites (N-methyl/N-ethyl adjacent to an activating group) is 1. The number of benzene rings is 3. The second-order valence-corrected chi connectivity index (χ2v) is 8.28. The predicted octanol–water partition coefficient (Wildman–Crippen LogP) is 5.78. The van der Waals surface area contributed by atoms with E-state index in [0.29, 0.717) is 5.56 Å². The zero-order valence-corrected chi connectivity index (χ0v) is 18.1. The van der Waals surface area contributed by atoms with Gasteiger partial charge in [0.05, 0.1) is 0 Å². The van der Waals surface area contributed by atoms with Crippen molar-refractivity contribution in [2.45, 2.75) is 6.42 Å². The maximum atomic E-state index is 13.1. The van der Waals surface area contributed by atoms with Gasteiger partial charge in [-0.2, -0.15) is 0 Å². The summed E-state index contributed by atoms with van der Waals surface area (Å²) in [7, 11) is 4.11. The third-order valence-electron chi connectivity index (χ3n) is 5.33. The van der Waals surface area contributed by atoms with E-state index in [1.54, 1.807) is 0 Å². The second kappa shape index (κ2) is 8.86. The summed E-state index contributed by atoms with van der Waals surface area (Å²) < 4.78 is 0. The monoisotopic (exact) mass is 416 g/mol.